The average Bonchev–Trinajstić information content (AvgIpc) is 3.27. The first-order valence-corrected chi connectivity index (χ1v) is 11.7. The minimum absolute atomic E-state index is 0.0709. The first-order chi connectivity index (χ1) is 15.6. The van der Waals surface area contributed by atoms with E-state index < -0.39 is 0 Å². The number of anilines is 1. The maximum Gasteiger partial charge on any atom is 0.242 e. The smallest absolute Gasteiger partial charge is 0.242 e. The van der Waals surface area contributed by atoms with Crippen LogP contribution in [0.3, 0.4) is 0 Å². The number of benzene rings is 3. The number of amides is 2. The summed E-state index contributed by atoms with van der Waals surface area (Å²) in [5.74, 6) is -0.339. The number of rotatable bonds is 8. The molecule has 0 aromatic heterocycles. The molecule has 1 saturated heterocycles. The average molecular weight is 446 g/mol. The number of nitrogens with two attached hydrogens (primary N) is 1. The Balaban J connectivity index is 1.49. The summed E-state index contributed by atoms with van der Waals surface area (Å²) in [7, 11) is 0. The lowest BCUT2D eigenvalue weighted by atomic mass is 10.1. The first kappa shape index (κ1) is 22.1. The third kappa shape index (κ3) is 5.58. The van der Waals surface area contributed by atoms with Crippen molar-refractivity contribution in [3.8, 4) is 0 Å². The van der Waals surface area contributed by atoms with Crippen LogP contribution in [0.4, 0.5) is 5.69 Å². The number of hydrogen-bond acceptors (Lipinski definition) is 4. The predicted octanol–water partition coefficient (Wildman–Crippen LogP) is 4.61. The largest absolute Gasteiger partial charge is 0.368 e. The topological polar surface area (TPSA) is 75.4 Å². The quantitative estimate of drug-likeness (QED) is 0.497. The van der Waals surface area contributed by atoms with Gasteiger partial charge in [0, 0.05) is 17.1 Å². The fourth-order valence-electron chi connectivity index (χ4n) is 4.06. The second-order valence-electron chi connectivity index (χ2n) is 7.94. The molecule has 3 aromatic carbocycles. The number of primary amides is 1. The van der Waals surface area contributed by atoms with Gasteiger partial charge in [0.25, 0.3) is 0 Å². The van der Waals surface area contributed by atoms with Crippen LogP contribution in [-0.4, -0.2) is 29.3 Å². The zero-order valence-corrected chi connectivity index (χ0v) is 18.6. The van der Waals surface area contributed by atoms with Gasteiger partial charge in [0.05, 0.1) is 6.04 Å². The Kier molecular flexibility index (Phi) is 7.24. The number of nitrogens with zero attached hydrogens (tertiary/aromatic N) is 1. The zero-order valence-electron chi connectivity index (χ0n) is 17.8. The Morgan fingerprint density at radius 3 is 2.44 bits per heavy atom. The summed E-state index contributed by atoms with van der Waals surface area (Å²) in [6, 6.07) is 27.4. The number of hydrogen-bond donors (Lipinski definition) is 2. The number of nitrogens with one attached hydrogen (secondary N) is 1. The number of carbonyl (C=O) groups is 2. The Labute approximate surface area is 193 Å². The van der Waals surface area contributed by atoms with Gasteiger partial charge in [-0.2, -0.15) is 0 Å². The normalized spacial score (nSPS) is 17.1. The summed E-state index contributed by atoms with van der Waals surface area (Å²) in [5.41, 5.74) is 8.30. The lowest BCUT2D eigenvalue weighted by molar-refractivity contribution is -0.122. The summed E-state index contributed by atoms with van der Waals surface area (Å²) >= 11 is 1.53. The fraction of sp³-hybridized carbons (Fsp3) is 0.231. The van der Waals surface area contributed by atoms with Gasteiger partial charge in [-0.3, -0.25) is 14.5 Å². The van der Waals surface area contributed by atoms with E-state index in [0.717, 1.165) is 41.1 Å². The van der Waals surface area contributed by atoms with Crippen molar-refractivity contribution in [2.24, 2.45) is 5.73 Å². The highest BCUT2D eigenvalue weighted by Crippen LogP contribution is 2.36. The van der Waals surface area contributed by atoms with E-state index in [9.17, 15) is 9.59 Å². The molecule has 1 fully saturated rings. The Hall–Kier alpha value is -3.09. The third-order valence-corrected chi connectivity index (χ3v) is 6.88. The minimum atomic E-state index is -0.375. The molecule has 0 radical (unpaired) electrons. The van der Waals surface area contributed by atoms with E-state index in [0.29, 0.717) is 6.54 Å². The molecule has 2 unspecified atom stereocenters. The molecule has 2 atom stereocenters. The molecule has 3 aromatic rings. The van der Waals surface area contributed by atoms with Gasteiger partial charge in [0.2, 0.25) is 11.8 Å². The van der Waals surface area contributed by atoms with Crippen molar-refractivity contribution < 1.29 is 9.59 Å². The molecular weight excluding hydrogens is 418 g/mol. The van der Waals surface area contributed by atoms with Gasteiger partial charge in [0.1, 0.15) is 5.25 Å². The highest BCUT2D eigenvalue weighted by atomic mass is 32.2. The Morgan fingerprint density at radius 1 is 1.00 bits per heavy atom. The van der Waals surface area contributed by atoms with E-state index in [1.165, 1.54) is 11.8 Å². The van der Waals surface area contributed by atoms with Crippen molar-refractivity contribution in [2.45, 2.75) is 35.6 Å². The molecule has 5 nitrogen and oxygen atoms in total. The van der Waals surface area contributed by atoms with Crippen molar-refractivity contribution in [3.05, 3.63) is 96.1 Å². The maximum absolute atomic E-state index is 13.3. The van der Waals surface area contributed by atoms with E-state index in [-0.39, 0.29) is 23.1 Å². The van der Waals surface area contributed by atoms with Crippen LogP contribution < -0.4 is 11.1 Å². The fourth-order valence-corrected chi connectivity index (χ4v) is 5.11. The Bertz CT molecular complexity index is 1060. The number of carbonyl (C=O) groups excluding carboxylic acids is 2. The molecule has 0 saturated carbocycles. The van der Waals surface area contributed by atoms with E-state index in [1.807, 2.05) is 84.9 Å². The molecule has 32 heavy (non-hydrogen) atoms. The number of likely N-dealkylation sites (tertiary alicyclic amines) is 1. The van der Waals surface area contributed by atoms with E-state index in [2.05, 4.69) is 10.2 Å². The summed E-state index contributed by atoms with van der Waals surface area (Å²) in [5, 5.41) is 2.72. The van der Waals surface area contributed by atoms with Crippen molar-refractivity contribution >= 4 is 29.3 Å². The molecular formula is C26H27N3O2S. The SMILES string of the molecule is NC(=O)C1CCCN1Cc1cccc(NC(=O)C(Sc2ccccc2)c2ccccc2)c1. The predicted molar refractivity (Wildman–Crippen MR) is 129 cm³/mol. The second kappa shape index (κ2) is 10.5. The molecule has 4 rings (SSSR count). The monoisotopic (exact) mass is 445 g/mol. The summed E-state index contributed by atoms with van der Waals surface area (Å²) in [6.45, 7) is 1.49. The molecule has 3 N–H and O–H groups in total. The minimum Gasteiger partial charge on any atom is -0.368 e. The van der Waals surface area contributed by atoms with Crippen LogP contribution in [0, 0.1) is 0 Å². The van der Waals surface area contributed by atoms with Gasteiger partial charge < -0.3 is 11.1 Å². The van der Waals surface area contributed by atoms with Crippen LogP contribution in [0.25, 0.3) is 0 Å². The van der Waals surface area contributed by atoms with Crippen LogP contribution >= 0.6 is 11.8 Å². The zero-order chi connectivity index (χ0) is 22.3. The van der Waals surface area contributed by atoms with Crippen molar-refractivity contribution in [2.75, 3.05) is 11.9 Å². The number of thioether (sulfide) groups is 1. The molecule has 0 spiro atoms. The summed E-state index contributed by atoms with van der Waals surface area (Å²) in [4.78, 5) is 28.2. The lowest BCUT2D eigenvalue weighted by Gasteiger charge is -2.22. The Morgan fingerprint density at radius 2 is 1.72 bits per heavy atom. The standard InChI is InChI=1S/C26H27N3O2S/c27-25(30)23-15-8-16-29(23)18-19-9-7-12-21(17-19)28-26(31)24(20-10-3-1-4-11-20)32-22-13-5-2-6-14-22/h1-7,9-14,17,23-24H,8,15-16,18H2,(H2,27,30)(H,28,31). The lowest BCUT2D eigenvalue weighted by Crippen LogP contribution is -2.39. The molecule has 0 aliphatic carbocycles. The molecule has 2 amide bonds. The highest BCUT2D eigenvalue weighted by molar-refractivity contribution is 8.00. The third-order valence-electron chi connectivity index (χ3n) is 5.61. The van der Waals surface area contributed by atoms with Crippen LogP contribution in [0.1, 0.15) is 29.2 Å². The van der Waals surface area contributed by atoms with Gasteiger partial charge >= 0.3 is 0 Å². The van der Waals surface area contributed by atoms with Gasteiger partial charge in [-0.25, -0.2) is 0 Å². The molecule has 1 heterocycles. The summed E-state index contributed by atoms with van der Waals surface area (Å²) in [6.07, 6.45) is 1.78. The summed E-state index contributed by atoms with van der Waals surface area (Å²) < 4.78 is 0. The van der Waals surface area contributed by atoms with Crippen LogP contribution in [0.2, 0.25) is 0 Å². The van der Waals surface area contributed by atoms with E-state index in [4.69, 9.17) is 5.73 Å². The van der Waals surface area contributed by atoms with Crippen molar-refractivity contribution in [1.82, 2.24) is 4.90 Å². The van der Waals surface area contributed by atoms with Crippen LogP contribution in [0.5, 0.6) is 0 Å². The van der Waals surface area contributed by atoms with Crippen molar-refractivity contribution in [3.63, 3.8) is 0 Å². The van der Waals surface area contributed by atoms with Gasteiger partial charge in [-0.1, -0.05) is 60.7 Å². The maximum atomic E-state index is 13.3. The van der Waals surface area contributed by atoms with Gasteiger partial charge in [-0.05, 0) is 54.8 Å². The molecule has 1 aliphatic heterocycles. The molecule has 6 heteroatoms. The van der Waals surface area contributed by atoms with Gasteiger partial charge in [-0.15, -0.1) is 11.8 Å². The first-order valence-electron chi connectivity index (χ1n) is 10.8. The van der Waals surface area contributed by atoms with E-state index in [1.54, 1.807) is 0 Å². The van der Waals surface area contributed by atoms with Crippen LogP contribution in [0.15, 0.2) is 89.8 Å². The van der Waals surface area contributed by atoms with Gasteiger partial charge in [0.15, 0.2) is 0 Å². The van der Waals surface area contributed by atoms with Crippen LogP contribution in [-0.2, 0) is 16.1 Å². The molecule has 0 bridgehead atoms. The highest BCUT2D eigenvalue weighted by Gasteiger charge is 2.29. The second-order valence-corrected chi connectivity index (χ2v) is 9.12. The molecule has 164 valence electrons. The van der Waals surface area contributed by atoms with E-state index >= 15 is 0 Å². The van der Waals surface area contributed by atoms with Crippen molar-refractivity contribution in [1.29, 1.82) is 0 Å². The molecule has 1 aliphatic rings.